The average Bonchev–Trinajstić information content (AvgIpc) is 2.78. The Hall–Kier alpha value is -3.19. The third kappa shape index (κ3) is 4.46. The van der Waals surface area contributed by atoms with Crippen LogP contribution in [0.4, 0.5) is 10.1 Å². The molecule has 0 fully saturated rings. The van der Waals surface area contributed by atoms with Gasteiger partial charge in [-0.25, -0.2) is 12.8 Å². The zero-order chi connectivity index (χ0) is 22.0. The standard InChI is InChI=1S/C24H23FN2O3S/c1-18-6-10-22(11-7-18)27(31(29,30)23-12-8-21(25)9-13-23)17-24(28)26-15-14-19-4-2-3-5-20(19)16-26/h2-13H,14-17H2,1H3. The number of amides is 1. The minimum atomic E-state index is -4.06. The highest BCUT2D eigenvalue weighted by Gasteiger charge is 2.30. The van der Waals surface area contributed by atoms with Crippen LogP contribution in [-0.2, 0) is 27.8 Å². The van der Waals surface area contributed by atoms with E-state index in [0.29, 0.717) is 18.8 Å². The lowest BCUT2D eigenvalue weighted by Crippen LogP contribution is -2.44. The SMILES string of the molecule is Cc1ccc(N(CC(=O)N2CCc3ccccc3C2)S(=O)(=O)c2ccc(F)cc2)cc1. The molecule has 0 atom stereocenters. The number of hydrogen-bond donors (Lipinski definition) is 0. The van der Waals surface area contributed by atoms with Crippen molar-refractivity contribution in [3.63, 3.8) is 0 Å². The summed E-state index contributed by atoms with van der Waals surface area (Å²) in [5.74, 6) is -0.801. The second kappa shape index (κ2) is 8.51. The summed E-state index contributed by atoms with van der Waals surface area (Å²) in [7, 11) is -4.06. The lowest BCUT2D eigenvalue weighted by Gasteiger charge is -2.31. The van der Waals surface area contributed by atoms with Gasteiger partial charge in [-0.2, -0.15) is 0 Å². The molecule has 0 aliphatic carbocycles. The molecule has 1 aliphatic rings. The molecule has 31 heavy (non-hydrogen) atoms. The maximum absolute atomic E-state index is 13.4. The van der Waals surface area contributed by atoms with Crippen LogP contribution in [0.1, 0.15) is 16.7 Å². The van der Waals surface area contributed by atoms with Gasteiger partial charge in [0.05, 0.1) is 10.6 Å². The first-order valence-electron chi connectivity index (χ1n) is 10.0. The Labute approximate surface area is 181 Å². The van der Waals surface area contributed by atoms with Gasteiger partial charge in [0.1, 0.15) is 12.4 Å². The van der Waals surface area contributed by atoms with Gasteiger partial charge >= 0.3 is 0 Å². The first kappa shape index (κ1) is 21.1. The molecule has 0 aromatic heterocycles. The molecule has 0 radical (unpaired) electrons. The van der Waals surface area contributed by atoms with Crippen molar-refractivity contribution in [2.45, 2.75) is 24.8 Å². The minimum Gasteiger partial charge on any atom is -0.336 e. The van der Waals surface area contributed by atoms with Crippen molar-refractivity contribution in [3.8, 4) is 0 Å². The molecule has 7 heteroatoms. The number of fused-ring (bicyclic) bond motifs is 1. The normalized spacial score (nSPS) is 13.5. The fourth-order valence-electron chi connectivity index (χ4n) is 3.69. The summed E-state index contributed by atoms with van der Waals surface area (Å²) in [5, 5.41) is 0. The van der Waals surface area contributed by atoms with Gasteiger partial charge in [-0.05, 0) is 60.9 Å². The Morgan fingerprint density at radius 3 is 2.29 bits per heavy atom. The molecular weight excluding hydrogens is 415 g/mol. The van der Waals surface area contributed by atoms with E-state index in [1.807, 2.05) is 25.1 Å². The highest BCUT2D eigenvalue weighted by atomic mass is 32.2. The number of carbonyl (C=O) groups is 1. The monoisotopic (exact) mass is 438 g/mol. The summed E-state index contributed by atoms with van der Waals surface area (Å²) >= 11 is 0. The van der Waals surface area contributed by atoms with Gasteiger partial charge in [0.25, 0.3) is 10.0 Å². The Morgan fingerprint density at radius 1 is 0.968 bits per heavy atom. The molecule has 5 nitrogen and oxygen atoms in total. The molecule has 3 aromatic carbocycles. The van der Waals surface area contributed by atoms with Crippen molar-refractivity contribution >= 4 is 21.6 Å². The highest BCUT2D eigenvalue weighted by molar-refractivity contribution is 7.92. The summed E-state index contributed by atoms with van der Waals surface area (Å²) in [6.45, 7) is 2.56. The van der Waals surface area contributed by atoms with E-state index < -0.39 is 15.8 Å². The van der Waals surface area contributed by atoms with Gasteiger partial charge < -0.3 is 4.90 Å². The topological polar surface area (TPSA) is 57.7 Å². The molecule has 0 saturated carbocycles. The number of hydrogen-bond acceptors (Lipinski definition) is 3. The van der Waals surface area contributed by atoms with Crippen LogP contribution >= 0.6 is 0 Å². The molecule has 3 aromatic rings. The van der Waals surface area contributed by atoms with Gasteiger partial charge in [-0.3, -0.25) is 9.10 Å². The van der Waals surface area contributed by atoms with E-state index in [2.05, 4.69) is 6.07 Å². The van der Waals surface area contributed by atoms with Gasteiger partial charge in [-0.15, -0.1) is 0 Å². The Kier molecular flexibility index (Phi) is 5.78. The van der Waals surface area contributed by atoms with Gasteiger partial charge in [0.15, 0.2) is 0 Å². The fourth-order valence-corrected chi connectivity index (χ4v) is 5.11. The molecule has 0 bridgehead atoms. The smallest absolute Gasteiger partial charge is 0.264 e. The van der Waals surface area contributed by atoms with E-state index >= 15 is 0 Å². The summed E-state index contributed by atoms with van der Waals surface area (Å²) in [6, 6.07) is 19.5. The second-order valence-corrected chi connectivity index (χ2v) is 9.50. The van der Waals surface area contributed by atoms with Crippen LogP contribution in [0.5, 0.6) is 0 Å². The predicted molar refractivity (Wildman–Crippen MR) is 118 cm³/mol. The van der Waals surface area contributed by atoms with Gasteiger partial charge in [0.2, 0.25) is 5.91 Å². The molecule has 0 unspecified atom stereocenters. The highest BCUT2D eigenvalue weighted by Crippen LogP contribution is 2.25. The van der Waals surface area contributed by atoms with Crippen LogP contribution in [0, 0.1) is 12.7 Å². The zero-order valence-corrected chi connectivity index (χ0v) is 18.0. The summed E-state index contributed by atoms with van der Waals surface area (Å²) in [5.41, 5.74) is 3.65. The number of carbonyl (C=O) groups excluding carboxylic acids is 1. The third-order valence-electron chi connectivity index (χ3n) is 5.49. The van der Waals surface area contributed by atoms with E-state index in [4.69, 9.17) is 0 Å². The molecule has 1 amide bonds. The zero-order valence-electron chi connectivity index (χ0n) is 17.2. The number of sulfonamides is 1. The van der Waals surface area contributed by atoms with E-state index in [1.165, 1.54) is 17.7 Å². The van der Waals surface area contributed by atoms with E-state index in [1.54, 1.807) is 29.2 Å². The first-order valence-corrected chi connectivity index (χ1v) is 11.5. The maximum atomic E-state index is 13.4. The van der Waals surface area contributed by atoms with Crippen LogP contribution in [0.2, 0.25) is 0 Å². The van der Waals surface area contributed by atoms with E-state index in [-0.39, 0.29) is 17.3 Å². The summed E-state index contributed by atoms with van der Waals surface area (Å²) < 4.78 is 41.2. The van der Waals surface area contributed by atoms with Crippen LogP contribution in [-0.4, -0.2) is 32.3 Å². The molecule has 160 valence electrons. The number of benzene rings is 3. The van der Waals surface area contributed by atoms with E-state index in [0.717, 1.165) is 34.0 Å². The van der Waals surface area contributed by atoms with Crippen molar-refractivity contribution in [1.29, 1.82) is 0 Å². The van der Waals surface area contributed by atoms with Crippen LogP contribution in [0.15, 0.2) is 77.7 Å². The Balaban J connectivity index is 1.64. The molecule has 0 spiro atoms. The van der Waals surface area contributed by atoms with Crippen LogP contribution in [0.25, 0.3) is 0 Å². The molecule has 0 N–H and O–H groups in total. The van der Waals surface area contributed by atoms with Gasteiger partial charge in [0, 0.05) is 13.1 Å². The van der Waals surface area contributed by atoms with Crippen molar-refractivity contribution in [2.75, 3.05) is 17.4 Å². The van der Waals surface area contributed by atoms with Crippen molar-refractivity contribution in [1.82, 2.24) is 4.90 Å². The van der Waals surface area contributed by atoms with E-state index in [9.17, 15) is 17.6 Å². The molecule has 1 aliphatic heterocycles. The fraction of sp³-hybridized carbons (Fsp3) is 0.208. The number of rotatable bonds is 5. The minimum absolute atomic E-state index is 0.0636. The third-order valence-corrected chi connectivity index (χ3v) is 7.27. The van der Waals surface area contributed by atoms with Crippen molar-refractivity contribution in [3.05, 3.63) is 95.3 Å². The predicted octanol–water partition coefficient (Wildman–Crippen LogP) is 3.91. The number of aryl methyl sites for hydroxylation is 1. The molecular formula is C24H23FN2O3S. The lowest BCUT2D eigenvalue weighted by atomic mass is 10.00. The number of nitrogens with zero attached hydrogens (tertiary/aromatic N) is 2. The summed E-state index contributed by atoms with van der Waals surface area (Å²) in [6.07, 6.45) is 0.733. The van der Waals surface area contributed by atoms with Crippen LogP contribution < -0.4 is 4.31 Å². The van der Waals surface area contributed by atoms with Crippen molar-refractivity contribution in [2.24, 2.45) is 0 Å². The molecule has 4 rings (SSSR count). The van der Waals surface area contributed by atoms with Crippen LogP contribution in [0.3, 0.4) is 0 Å². The lowest BCUT2D eigenvalue weighted by molar-refractivity contribution is -0.130. The van der Waals surface area contributed by atoms with Crippen molar-refractivity contribution < 1.29 is 17.6 Å². The quantitative estimate of drug-likeness (QED) is 0.607. The van der Waals surface area contributed by atoms with Gasteiger partial charge in [-0.1, -0.05) is 42.0 Å². The Morgan fingerprint density at radius 2 is 1.61 bits per heavy atom. The summed E-state index contributed by atoms with van der Waals surface area (Å²) in [4.78, 5) is 14.8. The second-order valence-electron chi connectivity index (χ2n) is 7.64. The maximum Gasteiger partial charge on any atom is 0.264 e. The number of halogens is 1. The number of anilines is 1. The largest absolute Gasteiger partial charge is 0.336 e. The Bertz CT molecular complexity index is 1190. The molecule has 1 heterocycles. The first-order chi connectivity index (χ1) is 14.8. The average molecular weight is 439 g/mol. The molecule has 0 saturated heterocycles.